The lowest BCUT2D eigenvalue weighted by molar-refractivity contribution is 0.175. The van der Waals surface area contributed by atoms with Crippen LogP contribution < -0.4 is 0 Å². The van der Waals surface area contributed by atoms with E-state index < -0.39 is 0 Å². The van der Waals surface area contributed by atoms with Crippen molar-refractivity contribution in [1.29, 1.82) is 0 Å². The maximum atomic E-state index is 9.29. The summed E-state index contributed by atoms with van der Waals surface area (Å²) in [5, 5.41) is 17.2. The molecule has 1 aromatic rings. The topological polar surface area (TPSA) is 50.9 Å². The van der Waals surface area contributed by atoms with Gasteiger partial charge in [-0.1, -0.05) is 19.1 Å². The van der Waals surface area contributed by atoms with E-state index in [1.807, 2.05) is 11.6 Å². The highest BCUT2D eigenvalue weighted by Crippen LogP contribution is 2.19. The van der Waals surface area contributed by atoms with Gasteiger partial charge in [-0.2, -0.15) is 0 Å². The molecular weight excluding hydrogens is 178 g/mol. The molecule has 2 unspecified atom stereocenters. The SMILES string of the molecule is CCCn1nncc1C(C)CC(C)O. The first kappa shape index (κ1) is 11.2. The Hall–Kier alpha value is -0.900. The Morgan fingerprint density at radius 3 is 2.79 bits per heavy atom. The number of aliphatic hydroxyl groups is 1. The quantitative estimate of drug-likeness (QED) is 0.779. The lowest BCUT2D eigenvalue weighted by Gasteiger charge is -2.14. The van der Waals surface area contributed by atoms with Crippen molar-refractivity contribution in [3.05, 3.63) is 11.9 Å². The van der Waals surface area contributed by atoms with E-state index in [1.165, 1.54) is 0 Å². The third-order valence-electron chi connectivity index (χ3n) is 2.28. The number of hydrogen-bond donors (Lipinski definition) is 1. The van der Waals surface area contributed by atoms with E-state index in [9.17, 15) is 5.11 Å². The van der Waals surface area contributed by atoms with E-state index in [2.05, 4.69) is 24.2 Å². The molecule has 4 heteroatoms. The van der Waals surface area contributed by atoms with Gasteiger partial charge in [-0.05, 0) is 19.8 Å². The van der Waals surface area contributed by atoms with E-state index in [-0.39, 0.29) is 6.10 Å². The van der Waals surface area contributed by atoms with E-state index >= 15 is 0 Å². The summed E-state index contributed by atoms with van der Waals surface area (Å²) in [5.41, 5.74) is 1.12. The summed E-state index contributed by atoms with van der Waals surface area (Å²) in [4.78, 5) is 0. The molecule has 0 aliphatic heterocycles. The van der Waals surface area contributed by atoms with E-state index in [4.69, 9.17) is 0 Å². The molecule has 0 aromatic carbocycles. The fraction of sp³-hybridized carbons (Fsp3) is 0.800. The molecule has 0 amide bonds. The number of hydrogen-bond acceptors (Lipinski definition) is 3. The normalized spacial score (nSPS) is 15.4. The highest BCUT2D eigenvalue weighted by molar-refractivity contribution is 5.02. The smallest absolute Gasteiger partial charge is 0.0727 e. The number of nitrogens with zero attached hydrogens (tertiary/aromatic N) is 3. The Morgan fingerprint density at radius 1 is 1.50 bits per heavy atom. The van der Waals surface area contributed by atoms with Crippen LogP contribution >= 0.6 is 0 Å². The second-order valence-electron chi connectivity index (χ2n) is 3.87. The predicted octanol–water partition coefficient (Wildman–Crippen LogP) is 1.56. The average Bonchev–Trinajstić information content (AvgIpc) is 2.51. The largest absolute Gasteiger partial charge is 0.393 e. The van der Waals surface area contributed by atoms with Gasteiger partial charge in [0.15, 0.2) is 0 Å². The Morgan fingerprint density at radius 2 is 2.21 bits per heavy atom. The van der Waals surface area contributed by atoms with Gasteiger partial charge >= 0.3 is 0 Å². The maximum absolute atomic E-state index is 9.29. The Labute approximate surface area is 84.9 Å². The predicted molar refractivity (Wildman–Crippen MR) is 55.0 cm³/mol. The van der Waals surface area contributed by atoms with Crippen LogP contribution in [0.3, 0.4) is 0 Å². The van der Waals surface area contributed by atoms with Gasteiger partial charge in [0.25, 0.3) is 0 Å². The second-order valence-corrected chi connectivity index (χ2v) is 3.87. The summed E-state index contributed by atoms with van der Waals surface area (Å²) in [6.45, 7) is 6.92. The fourth-order valence-electron chi connectivity index (χ4n) is 1.67. The lowest BCUT2D eigenvalue weighted by Crippen LogP contribution is -2.11. The molecule has 1 aromatic heterocycles. The fourth-order valence-corrected chi connectivity index (χ4v) is 1.67. The summed E-state index contributed by atoms with van der Waals surface area (Å²) in [6, 6.07) is 0. The molecule has 80 valence electrons. The number of aryl methyl sites for hydroxylation is 1. The van der Waals surface area contributed by atoms with Gasteiger partial charge in [-0.25, -0.2) is 4.68 Å². The van der Waals surface area contributed by atoms with Crippen LogP contribution in [0.25, 0.3) is 0 Å². The molecule has 2 atom stereocenters. The van der Waals surface area contributed by atoms with Crippen LogP contribution in [0.5, 0.6) is 0 Å². The zero-order chi connectivity index (χ0) is 10.6. The van der Waals surface area contributed by atoms with E-state index in [0.717, 1.165) is 25.1 Å². The standard InChI is InChI=1S/C10H19N3O/c1-4-5-13-10(7-11-12-13)8(2)6-9(3)14/h7-9,14H,4-6H2,1-3H3. The van der Waals surface area contributed by atoms with Crippen LogP contribution in [0.15, 0.2) is 6.20 Å². The molecule has 0 bridgehead atoms. The molecule has 0 aliphatic carbocycles. The van der Waals surface area contributed by atoms with E-state index in [0.29, 0.717) is 5.92 Å². The van der Waals surface area contributed by atoms with Crippen molar-refractivity contribution in [2.24, 2.45) is 0 Å². The zero-order valence-electron chi connectivity index (χ0n) is 9.14. The van der Waals surface area contributed by atoms with Crippen molar-refractivity contribution in [3.8, 4) is 0 Å². The van der Waals surface area contributed by atoms with Gasteiger partial charge in [0.1, 0.15) is 0 Å². The first-order valence-corrected chi connectivity index (χ1v) is 5.21. The summed E-state index contributed by atoms with van der Waals surface area (Å²) in [7, 11) is 0. The third-order valence-corrected chi connectivity index (χ3v) is 2.28. The van der Waals surface area contributed by atoms with Gasteiger partial charge < -0.3 is 5.11 Å². The van der Waals surface area contributed by atoms with Crippen molar-refractivity contribution in [1.82, 2.24) is 15.0 Å². The Kier molecular flexibility index (Phi) is 4.07. The van der Waals surface area contributed by atoms with Crippen LogP contribution in [0.4, 0.5) is 0 Å². The molecule has 4 nitrogen and oxygen atoms in total. The average molecular weight is 197 g/mol. The molecule has 0 radical (unpaired) electrons. The minimum absolute atomic E-state index is 0.269. The molecule has 1 N–H and O–H groups in total. The molecule has 1 rings (SSSR count). The van der Waals surface area contributed by atoms with Crippen LogP contribution in [-0.2, 0) is 6.54 Å². The minimum atomic E-state index is -0.269. The second kappa shape index (κ2) is 5.10. The van der Waals surface area contributed by atoms with Gasteiger partial charge in [-0.3, -0.25) is 0 Å². The highest BCUT2D eigenvalue weighted by atomic mass is 16.3. The van der Waals surface area contributed by atoms with E-state index in [1.54, 1.807) is 6.20 Å². The third kappa shape index (κ3) is 2.80. The Balaban J connectivity index is 2.68. The zero-order valence-corrected chi connectivity index (χ0v) is 9.14. The van der Waals surface area contributed by atoms with Crippen molar-refractivity contribution in [3.63, 3.8) is 0 Å². The molecule has 0 aliphatic rings. The number of aliphatic hydroxyl groups excluding tert-OH is 1. The molecule has 0 saturated heterocycles. The van der Waals surface area contributed by atoms with Crippen molar-refractivity contribution in [2.45, 2.75) is 52.2 Å². The summed E-state index contributed by atoms with van der Waals surface area (Å²) >= 11 is 0. The highest BCUT2D eigenvalue weighted by Gasteiger charge is 2.13. The van der Waals surface area contributed by atoms with Gasteiger partial charge in [0.05, 0.1) is 18.0 Å². The molecule has 14 heavy (non-hydrogen) atoms. The molecule has 0 spiro atoms. The number of aromatic nitrogens is 3. The monoisotopic (exact) mass is 197 g/mol. The van der Waals surface area contributed by atoms with Crippen LogP contribution in [0.1, 0.15) is 45.2 Å². The van der Waals surface area contributed by atoms with Crippen molar-refractivity contribution >= 4 is 0 Å². The van der Waals surface area contributed by atoms with Crippen molar-refractivity contribution < 1.29 is 5.11 Å². The van der Waals surface area contributed by atoms with Crippen molar-refractivity contribution in [2.75, 3.05) is 0 Å². The lowest BCUT2D eigenvalue weighted by atomic mass is 10.0. The van der Waals surface area contributed by atoms with Crippen LogP contribution in [0, 0.1) is 0 Å². The summed E-state index contributed by atoms with van der Waals surface area (Å²) in [5.74, 6) is 0.316. The molecule has 0 fully saturated rings. The molecular formula is C10H19N3O. The first-order chi connectivity index (χ1) is 6.65. The van der Waals surface area contributed by atoms with Gasteiger partial charge in [-0.15, -0.1) is 5.10 Å². The van der Waals surface area contributed by atoms with Gasteiger partial charge in [0, 0.05) is 12.5 Å². The van der Waals surface area contributed by atoms with Gasteiger partial charge in [0.2, 0.25) is 0 Å². The first-order valence-electron chi connectivity index (χ1n) is 5.21. The number of rotatable bonds is 5. The molecule has 0 saturated carbocycles. The minimum Gasteiger partial charge on any atom is -0.393 e. The molecule has 1 heterocycles. The summed E-state index contributed by atoms with van der Waals surface area (Å²) < 4.78 is 1.92. The summed E-state index contributed by atoms with van der Waals surface area (Å²) in [6.07, 6.45) is 3.34. The Bertz CT molecular complexity index is 270. The maximum Gasteiger partial charge on any atom is 0.0727 e. The van der Waals surface area contributed by atoms with Crippen LogP contribution in [0.2, 0.25) is 0 Å². The van der Waals surface area contributed by atoms with Crippen LogP contribution in [-0.4, -0.2) is 26.2 Å².